The molecule has 0 amide bonds. The van der Waals surface area contributed by atoms with Crippen molar-refractivity contribution < 1.29 is 13.3 Å². The summed E-state index contributed by atoms with van der Waals surface area (Å²) in [6.07, 6.45) is 1.27. The molecule has 0 bridgehead atoms. The minimum Gasteiger partial charge on any atom is -0.374 e. The first-order valence-corrected chi connectivity index (χ1v) is 20.4. The fourth-order valence-electron chi connectivity index (χ4n) is 2.93. The van der Waals surface area contributed by atoms with Crippen molar-refractivity contribution in [3.05, 3.63) is 0 Å². The summed E-state index contributed by atoms with van der Waals surface area (Å²) in [4.78, 5) is 0. The topological polar surface area (TPSA) is 27.7 Å². The molecular formula is C14H37O3PSi3. The molecule has 0 aliphatic carbocycles. The molecule has 0 aliphatic heterocycles. The van der Waals surface area contributed by atoms with Crippen molar-refractivity contribution >= 4 is 31.3 Å². The number of rotatable bonds is 11. The third-order valence-corrected chi connectivity index (χ3v) is 33.9. The van der Waals surface area contributed by atoms with Gasteiger partial charge in [0.05, 0.1) is 15.5 Å². The third-order valence-electron chi connectivity index (χ3n) is 3.35. The molecule has 0 heterocycles. The van der Waals surface area contributed by atoms with Crippen LogP contribution in [-0.4, -0.2) is 50.3 Å². The van der Waals surface area contributed by atoms with Gasteiger partial charge in [-0.2, -0.15) is 0 Å². The maximum atomic E-state index is 6.02. The van der Waals surface area contributed by atoms with E-state index >= 15 is 0 Å². The molecule has 128 valence electrons. The van der Waals surface area contributed by atoms with E-state index in [1.54, 1.807) is 0 Å². The first-order valence-electron chi connectivity index (χ1n) is 8.22. The summed E-state index contributed by atoms with van der Waals surface area (Å²) >= 11 is 0. The molecule has 21 heavy (non-hydrogen) atoms. The van der Waals surface area contributed by atoms with Gasteiger partial charge in [0.2, 0.25) is 0 Å². The van der Waals surface area contributed by atoms with Gasteiger partial charge >= 0.3 is 8.80 Å². The summed E-state index contributed by atoms with van der Waals surface area (Å²) in [5.41, 5.74) is 0. The van der Waals surface area contributed by atoms with Gasteiger partial charge < -0.3 is 13.3 Å². The average Bonchev–Trinajstić information content (AvgIpc) is 2.26. The fourth-order valence-corrected chi connectivity index (χ4v) is 40.5. The second-order valence-electron chi connectivity index (χ2n) is 7.23. The largest absolute Gasteiger partial charge is 0.501 e. The highest BCUT2D eigenvalue weighted by atomic mass is 31.6. The number of hydrogen-bond acceptors (Lipinski definition) is 3. The van der Waals surface area contributed by atoms with E-state index < -0.39 is 24.3 Å². The maximum Gasteiger partial charge on any atom is 0.501 e. The van der Waals surface area contributed by atoms with E-state index in [9.17, 15) is 0 Å². The van der Waals surface area contributed by atoms with Gasteiger partial charge in [-0.3, -0.25) is 0 Å². The molecule has 0 rings (SSSR count). The van der Waals surface area contributed by atoms with Crippen LogP contribution in [0, 0.1) is 0 Å². The molecule has 0 atom stereocenters. The molecular weight excluding hydrogens is 331 g/mol. The number of hydrogen-bond donors (Lipinski definition) is 0. The van der Waals surface area contributed by atoms with Crippen LogP contribution in [0.3, 0.4) is 0 Å². The molecule has 0 saturated carbocycles. The van der Waals surface area contributed by atoms with E-state index in [1.807, 2.05) is 20.8 Å². The van der Waals surface area contributed by atoms with Gasteiger partial charge in [0.1, 0.15) is 0 Å². The van der Waals surface area contributed by atoms with Gasteiger partial charge in [-0.25, -0.2) is 0 Å². The molecule has 0 fully saturated rings. The van der Waals surface area contributed by atoms with Crippen molar-refractivity contribution in [1.82, 2.24) is 0 Å². The van der Waals surface area contributed by atoms with Crippen molar-refractivity contribution in [3.63, 3.8) is 0 Å². The summed E-state index contributed by atoms with van der Waals surface area (Å²) < 4.78 is 18.1. The Morgan fingerprint density at radius 3 is 1.24 bits per heavy atom. The quantitative estimate of drug-likeness (QED) is 0.371. The molecule has 0 aliphatic rings. The Morgan fingerprint density at radius 1 is 0.667 bits per heavy atom. The Balaban J connectivity index is 5.06. The van der Waals surface area contributed by atoms with Crippen LogP contribution < -0.4 is 0 Å². The highest BCUT2D eigenvalue weighted by molar-refractivity contribution is 8.18. The molecule has 0 aromatic carbocycles. The lowest BCUT2D eigenvalue weighted by Crippen LogP contribution is -2.47. The van der Waals surface area contributed by atoms with Crippen molar-refractivity contribution in [1.29, 1.82) is 0 Å². The maximum absolute atomic E-state index is 6.02. The minimum atomic E-state index is -2.46. The van der Waals surface area contributed by atoms with E-state index in [1.165, 1.54) is 6.16 Å². The van der Waals surface area contributed by atoms with Gasteiger partial charge in [0.15, 0.2) is 0 Å². The van der Waals surface area contributed by atoms with E-state index in [0.717, 1.165) is 6.04 Å². The molecule has 0 N–H and O–H groups in total. The lowest BCUT2D eigenvalue weighted by molar-refractivity contribution is 0.0728. The summed E-state index contributed by atoms with van der Waals surface area (Å²) in [6.45, 7) is 23.4. The van der Waals surface area contributed by atoms with Crippen molar-refractivity contribution in [2.24, 2.45) is 0 Å². The molecule has 7 heteroatoms. The lowest BCUT2D eigenvalue weighted by Gasteiger charge is -2.41. The molecule has 3 nitrogen and oxygen atoms in total. The van der Waals surface area contributed by atoms with Crippen LogP contribution in [0.5, 0.6) is 0 Å². The highest BCUT2D eigenvalue weighted by Gasteiger charge is 2.44. The van der Waals surface area contributed by atoms with E-state index in [2.05, 4.69) is 39.3 Å². The van der Waals surface area contributed by atoms with E-state index in [0.29, 0.717) is 19.8 Å². The highest BCUT2D eigenvalue weighted by Crippen LogP contribution is 2.55. The Hall–Kier alpha value is 0.961. The van der Waals surface area contributed by atoms with Crippen LogP contribution in [0.2, 0.25) is 45.3 Å². The normalized spacial score (nSPS) is 14.0. The molecule has 0 unspecified atom stereocenters. The first kappa shape index (κ1) is 22.0. The van der Waals surface area contributed by atoms with Crippen LogP contribution in [0.1, 0.15) is 20.8 Å². The average molecular weight is 369 g/mol. The molecule has 0 aromatic rings. The van der Waals surface area contributed by atoms with Crippen LogP contribution in [0.25, 0.3) is 0 Å². The van der Waals surface area contributed by atoms with Gasteiger partial charge in [-0.1, -0.05) is 39.3 Å². The minimum absolute atomic E-state index is 0.133. The van der Waals surface area contributed by atoms with Crippen LogP contribution in [-0.2, 0) is 13.3 Å². The smallest absolute Gasteiger partial charge is 0.374 e. The standard InChI is InChI=1S/C14H37O3PSi3/c1-10-15-21(16-11-2,17-12-3)14-13-18(19(4,5)6)20(7,8)9/h10-14H2,1-9H3. The summed E-state index contributed by atoms with van der Waals surface area (Å²) in [7, 11) is -4.54. The van der Waals surface area contributed by atoms with Crippen LogP contribution in [0.4, 0.5) is 0 Å². The van der Waals surface area contributed by atoms with Crippen molar-refractivity contribution in [2.45, 2.75) is 66.1 Å². The van der Waals surface area contributed by atoms with Gasteiger partial charge in [-0.15, -0.1) is 7.02 Å². The third kappa shape index (κ3) is 7.86. The fraction of sp³-hybridized carbons (Fsp3) is 1.00. The summed E-state index contributed by atoms with van der Waals surface area (Å²) in [5.74, 6) is 0. The zero-order valence-corrected chi connectivity index (χ0v) is 19.6. The van der Waals surface area contributed by atoms with E-state index in [4.69, 9.17) is 13.3 Å². The first-order chi connectivity index (χ1) is 9.52. The monoisotopic (exact) mass is 368 g/mol. The zero-order chi connectivity index (χ0) is 16.7. The van der Waals surface area contributed by atoms with Crippen molar-refractivity contribution in [3.8, 4) is 0 Å². The SMILES string of the molecule is CCO[Si](CCP([Si](C)(C)C)[Si](C)(C)C)(OCC)OCC. The zero-order valence-electron chi connectivity index (χ0n) is 15.7. The van der Waals surface area contributed by atoms with Gasteiger partial charge in [0.25, 0.3) is 0 Å². The molecule has 0 aromatic heterocycles. The Bertz CT molecular complexity index is 259. The Kier molecular flexibility index (Phi) is 9.73. The predicted octanol–water partition coefficient (Wildman–Crippen LogP) is 5.19. The van der Waals surface area contributed by atoms with Crippen LogP contribution >= 0.6 is 7.02 Å². The van der Waals surface area contributed by atoms with Gasteiger partial charge in [-0.05, 0) is 26.9 Å². The van der Waals surface area contributed by atoms with Crippen LogP contribution in [0.15, 0.2) is 0 Å². The summed E-state index contributed by atoms with van der Waals surface area (Å²) in [5, 5.41) is 0. The van der Waals surface area contributed by atoms with E-state index in [-0.39, 0.29) is 7.02 Å². The Labute approximate surface area is 137 Å². The lowest BCUT2D eigenvalue weighted by atomic mass is 10.9. The second-order valence-corrected chi connectivity index (χ2v) is 32.6. The second kappa shape index (κ2) is 9.30. The van der Waals surface area contributed by atoms with Crippen molar-refractivity contribution in [2.75, 3.05) is 26.0 Å². The summed E-state index contributed by atoms with van der Waals surface area (Å²) in [6, 6.07) is 1.00. The molecule has 0 spiro atoms. The van der Waals surface area contributed by atoms with Gasteiger partial charge in [0, 0.05) is 25.9 Å². The Morgan fingerprint density at radius 2 is 1.00 bits per heavy atom. The predicted molar refractivity (Wildman–Crippen MR) is 104 cm³/mol. The molecule has 0 saturated heterocycles. The molecule has 0 radical (unpaired) electrons.